The van der Waals surface area contributed by atoms with Crippen LogP contribution in [0.4, 0.5) is 5.00 Å². The first kappa shape index (κ1) is 14.5. The smallest absolute Gasteiger partial charge is 0.253 e. The molecule has 0 aromatic carbocycles. The Kier molecular flexibility index (Phi) is 4.70. The minimum atomic E-state index is -0.224. The van der Waals surface area contributed by atoms with Gasteiger partial charge in [-0.2, -0.15) is 0 Å². The molecule has 0 unspecified atom stereocenters. The van der Waals surface area contributed by atoms with E-state index in [0.29, 0.717) is 16.7 Å². The molecule has 5 nitrogen and oxygen atoms in total. The maximum Gasteiger partial charge on any atom is 0.253 e. The van der Waals surface area contributed by atoms with Gasteiger partial charge in [-0.25, -0.2) is 4.98 Å². The highest BCUT2D eigenvalue weighted by Gasteiger charge is 2.20. The molecule has 2 aromatic heterocycles. The average Bonchev–Trinajstić information content (AvgIpc) is 2.83. The molecular weight excluding hydrogens is 296 g/mol. The Hall–Kier alpha value is -1.92. The van der Waals surface area contributed by atoms with Crippen molar-refractivity contribution in [3.05, 3.63) is 42.0 Å². The van der Waals surface area contributed by atoms with E-state index < -0.39 is 0 Å². The summed E-state index contributed by atoms with van der Waals surface area (Å²) >= 11 is 7.49. The molecule has 104 valence electrons. The second-order valence-electron chi connectivity index (χ2n) is 3.80. The van der Waals surface area contributed by atoms with Crippen LogP contribution >= 0.6 is 22.9 Å². The predicted octanol–water partition coefficient (Wildman–Crippen LogP) is 2.68. The molecule has 2 rings (SSSR count). The number of carbonyl (C=O) groups is 1. The van der Waals surface area contributed by atoms with Crippen molar-refractivity contribution in [1.82, 2.24) is 9.97 Å². The summed E-state index contributed by atoms with van der Waals surface area (Å²) < 4.78 is 0. The summed E-state index contributed by atoms with van der Waals surface area (Å²) in [6, 6.07) is 3.72. The van der Waals surface area contributed by atoms with Crippen LogP contribution < -0.4 is 10.6 Å². The lowest BCUT2D eigenvalue weighted by atomic mass is 10.3. The molecule has 0 saturated carbocycles. The second-order valence-corrected chi connectivity index (χ2v) is 5.13. The quantitative estimate of drug-likeness (QED) is 0.881. The van der Waals surface area contributed by atoms with Gasteiger partial charge in [-0.1, -0.05) is 22.9 Å². The van der Waals surface area contributed by atoms with Gasteiger partial charge in [0.25, 0.3) is 5.91 Å². The number of nitrogens with zero attached hydrogens (tertiary/aromatic N) is 3. The van der Waals surface area contributed by atoms with E-state index in [-0.39, 0.29) is 5.91 Å². The molecule has 0 radical (unpaired) electrons. The minimum absolute atomic E-state index is 0.224. The van der Waals surface area contributed by atoms with Crippen LogP contribution in [-0.2, 0) is 4.79 Å². The van der Waals surface area contributed by atoms with Crippen LogP contribution in [-0.4, -0.2) is 22.4 Å². The number of likely N-dealkylation sites (N-methyl/N-ethyl adjacent to an activating group) is 1. The third-order valence-electron chi connectivity index (χ3n) is 2.54. The number of nitrogens with two attached hydrogens (primary N) is 1. The highest BCUT2D eigenvalue weighted by Crippen LogP contribution is 2.37. The van der Waals surface area contributed by atoms with Gasteiger partial charge in [0, 0.05) is 30.6 Å². The standard InChI is InChI=1S/C13H13ClN4OS/c1-2-18(10(19)5-6-15)13-11(14)17-12(20-13)9-4-3-7-16-8-9/h3-8H,2,15H2,1H3. The molecule has 2 heterocycles. The van der Waals surface area contributed by atoms with Crippen LogP contribution in [0.3, 0.4) is 0 Å². The van der Waals surface area contributed by atoms with Crippen LogP contribution in [0.5, 0.6) is 0 Å². The monoisotopic (exact) mass is 308 g/mol. The molecule has 0 saturated heterocycles. The van der Waals surface area contributed by atoms with E-state index in [2.05, 4.69) is 9.97 Å². The van der Waals surface area contributed by atoms with Crippen molar-refractivity contribution >= 4 is 33.8 Å². The van der Waals surface area contributed by atoms with Crippen molar-refractivity contribution in [1.29, 1.82) is 0 Å². The number of thiazole rings is 1. The fourth-order valence-electron chi connectivity index (χ4n) is 1.64. The lowest BCUT2D eigenvalue weighted by Gasteiger charge is -2.16. The molecule has 20 heavy (non-hydrogen) atoms. The molecule has 0 bridgehead atoms. The molecule has 0 aliphatic carbocycles. The molecule has 0 spiro atoms. The van der Waals surface area contributed by atoms with Crippen molar-refractivity contribution in [3.8, 4) is 10.6 Å². The number of carbonyl (C=O) groups excluding carboxylic acids is 1. The van der Waals surface area contributed by atoms with E-state index in [9.17, 15) is 4.79 Å². The molecule has 2 N–H and O–H groups in total. The Morgan fingerprint density at radius 3 is 3.00 bits per heavy atom. The summed E-state index contributed by atoms with van der Waals surface area (Å²) in [6.07, 6.45) is 5.90. The lowest BCUT2D eigenvalue weighted by Crippen LogP contribution is -2.28. The van der Waals surface area contributed by atoms with Crippen molar-refractivity contribution in [2.45, 2.75) is 6.92 Å². The first-order chi connectivity index (χ1) is 9.67. The maximum absolute atomic E-state index is 11.9. The van der Waals surface area contributed by atoms with E-state index in [1.165, 1.54) is 28.5 Å². The third kappa shape index (κ3) is 2.97. The molecule has 0 fully saturated rings. The zero-order chi connectivity index (χ0) is 14.5. The van der Waals surface area contributed by atoms with Crippen LogP contribution in [0, 0.1) is 0 Å². The predicted molar refractivity (Wildman–Crippen MR) is 81.7 cm³/mol. The second kappa shape index (κ2) is 6.49. The van der Waals surface area contributed by atoms with Gasteiger partial charge in [0.05, 0.1) is 0 Å². The van der Waals surface area contributed by atoms with Gasteiger partial charge in [-0.05, 0) is 25.3 Å². The van der Waals surface area contributed by atoms with E-state index in [1.54, 1.807) is 12.4 Å². The number of rotatable bonds is 4. The topological polar surface area (TPSA) is 72.1 Å². The first-order valence-corrected chi connectivity index (χ1v) is 7.13. The van der Waals surface area contributed by atoms with Gasteiger partial charge in [0.15, 0.2) is 5.15 Å². The lowest BCUT2D eigenvalue weighted by molar-refractivity contribution is -0.114. The fourth-order valence-corrected chi connectivity index (χ4v) is 3.01. The van der Waals surface area contributed by atoms with Gasteiger partial charge in [0.2, 0.25) is 0 Å². The van der Waals surface area contributed by atoms with Crippen molar-refractivity contribution < 1.29 is 4.79 Å². The van der Waals surface area contributed by atoms with E-state index in [4.69, 9.17) is 17.3 Å². The number of amides is 1. The molecule has 0 aliphatic heterocycles. The summed E-state index contributed by atoms with van der Waals surface area (Å²) in [5.41, 5.74) is 6.12. The number of hydrogen-bond acceptors (Lipinski definition) is 5. The maximum atomic E-state index is 11.9. The van der Waals surface area contributed by atoms with Gasteiger partial charge >= 0.3 is 0 Å². The van der Waals surface area contributed by atoms with Gasteiger partial charge in [-0.15, -0.1) is 0 Å². The summed E-state index contributed by atoms with van der Waals surface area (Å²) in [5, 5.41) is 1.63. The van der Waals surface area contributed by atoms with Gasteiger partial charge in [-0.3, -0.25) is 14.7 Å². The summed E-state index contributed by atoms with van der Waals surface area (Å²) in [6.45, 7) is 2.35. The zero-order valence-electron chi connectivity index (χ0n) is 10.8. The van der Waals surface area contributed by atoms with E-state index >= 15 is 0 Å². The first-order valence-electron chi connectivity index (χ1n) is 5.93. The molecular formula is C13H13ClN4OS. The third-order valence-corrected chi connectivity index (χ3v) is 4.05. The van der Waals surface area contributed by atoms with Crippen LogP contribution in [0.2, 0.25) is 5.15 Å². The molecule has 7 heteroatoms. The largest absolute Gasteiger partial charge is 0.404 e. The number of pyridine rings is 1. The molecule has 2 aromatic rings. The molecule has 0 atom stereocenters. The normalized spacial score (nSPS) is 10.9. The van der Waals surface area contributed by atoms with Crippen LogP contribution in [0.15, 0.2) is 36.8 Å². The summed E-state index contributed by atoms with van der Waals surface area (Å²) in [7, 11) is 0. The van der Waals surface area contributed by atoms with Gasteiger partial charge in [0.1, 0.15) is 10.0 Å². The zero-order valence-corrected chi connectivity index (χ0v) is 12.4. The number of aromatic nitrogens is 2. The number of hydrogen-bond donors (Lipinski definition) is 1. The Bertz CT molecular complexity index is 627. The average molecular weight is 309 g/mol. The SMILES string of the molecule is CCN(C(=O)C=CN)c1sc(-c2cccnc2)nc1Cl. The molecule has 0 aliphatic rings. The van der Waals surface area contributed by atoms with Crippen LogP contribution in [0.25, 0.3) is 10.6 Å². The number of halogens is 1. The van der Waals surface area contributed by atoms with Crippen LogP contribution in [0.1, 0.15) is 6.92 Å². The van der Waals surface area contributed by atoms with Gasteiger partial charge < -0.3 is 5.73 Å². The minimum Gasteiger partial charge on any atom is -0.404 e. The highest BCUT2D eigenvalue weighted by atomic mass is 35.5. The Balaban J connectivity index is 2.38. The summed E-state index contributed by atoms with van der Waals surface area (Å²) in [5.74, 6) is -0.224. The van der Waals surface area contributed by atoms with Crippen molar-refractivity contribution in [2.75, 3.05) is 11.4 Å². The van der Waals surface area contributed by atoms with Crippen molar-refractivity contribution in [2.24, 2.45) is 5.73 Å². The number of anilines is 1. The Labute approximate surface area is 125 Å². The highest BCUT2D eigenvalue weighted by molar-refractivity contribution is 7.19. The Morgan fingerprint density at radius 1 is 1.60 bits per heavy atom. The van der Waals surface area contributed by atoms with Crippen molar-refractivity contribution in [3.63, 3.8) is 0 Å². The fraction of sp³-hybridized carbons (Fsp3) is 0.154. The Morgan fingerprint density at radius 2 is 2.40 bits per heavy atom. The van der Waals surface area contributed by atoms with E-state index in [1.807, 2.05) is 19.1 Å². The summed E-state index contributed by atoms with van der Waals surface area (Å²) in [4.78, 5) is 21.8. The molecule has 1 amide bonds. The van der Waals surface area contributed by atoms with E-state index in [0.717, 1.165) is 10.6 Å².